The first-order chi connectivity index (χ1) is 9.66. The smallest absolute Gasteiger partial charge is 0.198 e. The molecule has 2 unspecified atom stereocenters. The van der Waals surface area contributed by atoms with Crippen LogP contribution >= 0.6 is 11.5 Å². The highest BCUT2D eigenvalue weighted by molar-refractivity contribution is 7.11. The number of nitrogens with zero attached hydrogens (tertiary/aromatic N) is 2. The van der Waals surface area contributed by atoms with E-state index in [0.29, 0.717) is 18.0 Å². The van der Waals surface area contributed by atoms with Gasteiger partial charge in [-0.2, -0.15) is 4.37 Å². The highest BCUT2D eigenvalue weighted by Crippen LogP contribution is 2.43. The van der Waals surface area contributed by atoms with Crippen molar-refractivity contribution in [1.29, 1.82) is 0 Å². The second kappa shape index (κ2) is 5.77. The fourth-order valence-electron chi connectivity index (χ4n) is 3.16. The Morgan fingerprint density at radius 2 is 2.20 bits per heavy atom. The van der Waals surface area contributed by atoms with Crippen LogP contribution in [0.25, 0.3) is 0 Å². The van der Waals surface area contributed by atoms with E-state index >= 15 is 0 Å². The molecule has 5 nitrogen and oxygen atoms in total. The molecule has 0 spiro atoms. The third-order valence-electron chi connectivity index (χ3n) is 4.00. The van der Waals surface area contributed by atoms with Crippen molar-refractivity contribution in [2.75, 3.05) is 23.8 Å². The van der Waals surface area contributed by atoms with E-state index in [0.717, 1.165) is 30.3 Å². The summed E-state index contributed by atoms with van der Waals surface area (Å²) in [7, 11) is 0. The van der Waals surface area contributed by atoms with Gasteiger partial charge in [-0.15, -0.1) is 0 Å². The fraction of sp³-hybridized carbons (Fsp3) is 0.786. The number of nitrogen functional groups attached to an aromatic ring is 1. The monoisotopic (exact) mass is 297 g/mol. The van der Waals surface area contributed by atoms with E-state index in [4.69, 9.17) is 15.2 Å². The Labute approximate surface area is 124 Å². The number of anilines is 2. The number of ether oxygens (including phenoxy) is 2. The fourth-order valence-corrected chi connectivity index (χ4v) is 4.00. The lowest BCUT2D eigenvalue weighted by Gasteiger charge is -2.44. The number of morpholine rings is 1. The molecule has 1 aliphatic heterocycles. The zero-order chi connectivity index (χ0) is 14.1. The van der Waals surface area contributed by atoms with Crippen LogP contribution in [0.1, 0.15) is 39.5 Å². The predicted octanol–water partition coefficient (Wildman–Crippen LogP) is 2.66. The molecule has 1 aromatic rings. The summed E-state index contributed by atoms with van der Waals surface area (Å²) in [6.45, 7) is 5.71. The quantitative estimate of drug-likeness (QED) is 0.929. The Hall–Kier alpha value is -1.01. The number of rotatable bonds is 3. The largest absolute Gasteiger partial charge is 0.484 e. The molecule has 2 atom stereocenters. The maximum atomic E-state index is 5.98. The van der Waals surface area contributed by atoms with Crippen molar-refractivity contribution >= 4 is 22.4 Å². The standard InChI is InChI=1S/C14H23N3O2S/c1-9(2)19-12-13(15)16-20-14(12)17-7-8-18-11-6-4-3-5-10(11)17/h9-11H,3-8H2,1-2H3,(H2,15,16). The zero-order valence-corrected chi connectivity index (χ0v) is 13.0. The number of hydrogen-bond acceptors (Lipinski definition) is 6. The molecule has 0 radical (unpaired) electrons. The molecule has 1 aromatic heterocycles. The Morgan fingerprint density at radius 3 is 3.00 bits per heavy atom. The van der Waals surface area contributed by atoms with Crippen LogP contribution in [0.5, 0.6) is 5.75 Å². The van der Waals surface area contributed by atoms with Gasteiger partial charge in [-0.05, 0) is 38.2 Å². The summed E-state index contributed by atoms with van der Waals surface area (Å²) in [4.78, 5) is 2.42. The van der Waals surface area contributed by atoms with E-state index in [1.165, 1.54) is 30.8 Å². The van der Waals surface area contributed by atoms with Gasteiger partial charge in [0.15, 0.2) is 16.6 Å². The maximum Gasteiger partial charge on any atom is 0.198 e. The molecule has 2 aliphatic rings. The average molecular weight is 297 g/mol. The van der Waals surface area contributed by atoms with Crippen molar-refractivity contribution in [2.45, 2.75) is 57.8 Å². The molecule has 1 saturated heterocycles. The van der Waals surface area contributed by atoms with Crippen molar-refractivity contribution < 1.29 is 9.47 Å². The Balaban J connectivity index is 1.87. The van der Waals surface area contributed by atoms with Crippen LogP contribution in [0.3, 0.4) is 0 Å². The summed E-state index contributed by atoms with van der Waals surface area (Å²) < 4.78 is 16.1. The van der Waals surface area contributed by atoms with E-state index in [2.05, 4.69) is 9.27 Å². The molecule has 112 valence electrons. The van der Waals surface area contributed by atoms with Gasteiger partial charge in [0, 0.05) is 6.54 Å². The average Bonchev–Trinajstić information content (AvgIpc) is 2.79. The summed E-state index contributed by atoms with van der Waals surface area (Å²) >= 11 is 1.45. The SMILES string of the molecule is CC(C)Oc1c(N)nsc1N1CCOC2CCCCC21. The molecule has 2 heterocycles. The zero-order valence-electron chi connectivity index (χ0n) is 12.2. The van der Waals surface area contributed by atoms with Crippen LogP contribution in [0, 0.1) is 0 Å². The summed E-state index contributed by atoms with van der Waals surface area (Å²) in [6.07, 6.45) is 5.35. The van der Waals surface area contributed by atoms with Crippen LogP contribution < -0.4 is 15.4 Å². The lowest BCUT2D eigenvalue weighted by Crippen LogP contribution is -2.52. The van der Waals surface area contributed by atoms with E-state index in [9.17, 15) is 0 Å². The van der Waals surface area contributed by atoms with E-state index in [-0.39, 0.29) is 6.10 Å². The lowest BCUT2D eigenvalue weighted by molar-refractivity contribution is -0.00860. The molecule has 1 aliphatic carbocycles. The molecule has 2 N–H and O–H groups in total. The maximum absolute atomic E-state index is 5.98. The van der Waals surface area contributed by atoms with Gasteiger partial charge < -0.3 is 20.1 Å². The van der Waals surface area contributed by atoms with Crippen LogP contribution in [0.15, 0.2) is 0 Å². The minimum Gasteiger partial charge on any atom is -0.484 e. The minimum atomic E-state index is 0.107. The van der Waals surface area contributed by atoms with Gasteiger partial charge in [0.05, 0.1) is 24.9 Å². The number of hydrogen-bond donors (Lipinski definition) is 1. The number of aromatic nitrogens is 1. The van der Waals surface area contributed by atoms with Gasteiger partial charge >= 0.3 is 0 Å². The third kappa shape index (κ3) is 2.59. The summed E-state index contributed by atoms with van der Waals surface area (Å²) in [6, 6.07) is 0.451. The molecular formula is C14H23N3O2S. The molecule has 2 fully saturated rings. The van der Waals surface area contributed by atoms with E-state index < -0.39 is 0 Å². The Kier molecular flexibility index (Phi) is 4.03. The molecule has 20 heavy (non-hydrogen) atoms. The lowest BCUT2D eigenvalue weighted by atomic mass is 9.90. The van der Waals surface area contributed by atoms with E-state index in [1.54, 1.807) is 0 Å². The van der Waals surface area contributed by atoms with Crippen molar-refractivity contribution in [3.8, 4) is 5.75 Å². The molecule has 0 aromatic carbocycles. The minimum absolute atomic E-state index is 0.107. The number of fused-ring (bicyclic) bond motifs is 1. The molecule has 0 amide bonds. The predicted molar refractivity (Wildman–Crippen MR) is 81.6 cm³/mol. The van der Waals surface area contributed by atoms with Gasteiger partial charge in [-0.25, -0.2) is 0 Å². The number of nitrogens with two attached hydrogens (primary N) is 1. The van der Waals surface area contributed by atoms with Crippen LogP contribution in [0.2, 0.25) is 0 Å². The second-order valence-electron chi connectivity index (χ2n) is 5.82. The highest BCUT2D eigenvalue weighted by Gasteiger charge is 2.36. The Bertz CT molecular complexity index is 461. The molecular weight excluding hydrogens is 274 g/mol. The van der Waals surface area contributed by atoms with Gasteiger partial charge in [-0.3, -0.25) is 0 Å². The summed E-state index contributed by atoms with van der Waals surface area (Å²) in [5, 5.41) is 1.08. The highest BCUT2D eigenvalue weighted by atomic mass is 32.1. The normalized spacial score (nSPS) is 26.6. The van der Waals surface area contributed by atoms with Gasteiger partial charge in [0.1, 0.15) is 0 Å². The van der Waals surface area contributed by atoms with Gasteiger partial charge in [0.2, 0.25) is 0 Å². The van der Waals surface area contributed by atoms with Crippen LogP contribution in [0.4, 0.5) is 10.8 Å². The molecule has 1 saturated carbocycles. The molecule has 3 rings (SSSR count). The Morgan fingerprint density at radius 1 is 1.40 bits per heavy atom. The van der Waals surface area contributed by atoms with Crippen LogP contribution in [-0.2, 0) is 4.74 Å². The van der Waals surface area contributed by atoms with Gasteiger partial charge in [0.25, 0.3) is 0 Å². The van der Waals surface area contributed by atoms with Crippen LogP contribution in [-0.4, -0.2) is 35.8 Å². The first kappa shape index (κ1) is 13.9. The van der Waals surface area contributed by atoms with Crippen molar-refractivity contribution in [1.82, 2.24) is 4.37 Å². The molecule has 6 heteroatoms. The first-order valence-corrected chi connectivity index (χ1v) is 8.24. The van der Waals surface area contributed by atoms with Crippen molar-refractivity contribution in [3.63, 3.8) is 0 Å². The third-order valence-corrected chi connectivity index (χ3v) is 4.88. The van der Waals surface area contributed by atoms with Crippen molar-refractivity contribution in [2.24, 2.45) is 0 Å². The second-order valence-corrected chi connectivity index (χ2v) is 6.57. The van der Waals surface area contributed by atoms with E-state index in [1.807, 2.05) is 13.8 Å². The van der Waals surface area contributed by atoms with Crippen molar-refractivity contribution in [3.05, 3.63) is 0 Å². The molecule has 0 bridgehead atoms. The first-order valence-electron chi connectivity index (χ1n) is 7.47. The van der Waals surface area contributed by atoms with Gasteiger partial charge in [-0.1, -0.05) is 12.8 Å². The summed E-state index contributed by atoms with van der Waals surface area (Å²) in [5.41, 5.74) is 5.98. The topological polar surface area (TPSA) is 60.6 Å². The summed E-state index contributed by atoms with van der Waals surface area (Å²) in [5.74, 6) is 1.27.